The lowest BCUT2D eigenvalue weighted by molar-refractivity contribution is -0.114. The number of anilines is 1. The van der Waals surface area contributed by atoms with Crippen LogP contribution in [-0.4, -0.2) is 11.6 Å². The van der Waals surface area contributed by atoms with Crippen molar-refractivity contribution >= 4 is 46.0 Å². The summed E-state index contributed by atoms with van der Waals surface area (Å²) in [6, 6.07) is 6.97. The molecule has 134 valence electrons. The second-order valence-electron chi connectivity index (χ2n) is 5.33. The largest absolute Gasteiger partial charge is 0.280 e. The highest BCUT2D eigenvalue weighted by molar-refractivity contribution is 14.1. The van der Waals surface area contributed by atoms with Gasteiger partial charge in [0.1, 0.15) is 5.69 Å². The zero-order valence-electron chi connectivity index (χ0n) is 13.0. The van der Waals surface area contributed by atoms with Crippen LogP contribution in [0.5, 0.6) is 0 Å². The lowest BCUT2D eigenvalue weighted by atomic mass is 10.1. The van der Waals surface area contributed by atoms with Crippen molar-refractivity contribution in [1.29, 1.82) is 0 Å². The summed E-state index contributed by atoms with van der Waals surface area (Å²) in [6.45, 7) is 1.39. The van der Waals surface area contributed by atoms with E-state index >= 15 is 0 Å². The van der Waals surface area contributed by atoms with E-state index < -0.39 is 40.7 Å². The van der Waals surface area contributed by atoms with E-state index in [1.54, 1.807) is 24.3 Å². The quantitative estimate of drug-likeness (QED) is 0.201. The predicted molar refractivity (Wildman–Crippen MR) is 94.0 cm³/mol. The molecule has 3 nitrogen and oxygen atoms in total. The SMILES string of the molecule is CC1=NN(c2c(F)c(F)c(F)c(F)c2F)C(=O)/C1=C/c1ccc(I)cc1. The number of halogens is 6. The van der Waals surface area contributed by atoms with Crippen LogP contribution in [-0.2, 0) is 4.79 Å². The molecule has 0 bridgehead atoms. The summed E-state index contributed by atoms with van der Waals surface area (Å²) in [5.74, 6) is -11.8. The van der Waals surface area contributed by atoms with Gasteiger partial charge in [0.25, 0.3) is 5.91 Å². The van der Waals surface area contributed by atoms with Crippen molar-refractivity contribution < 1.29 is 26.7 Å². The van der Waals surface area contributed by atoms with Crippen LogP contribution in [0.4, 0.5) is 27.6 Å². The Morgan fingerprint density at radius 1 is 0.923 bits per heavy atom. The van der Waals surface area contributed by atoms with Gasteiger partial charge in [0.15, 0.2) is 23.3 Å². The first kappa shape index (κ1) is 18.5. The van der Waals surface area contributed by atoms with E-state index in [9.17, 15) is 26.7 Å². The number of hydrazone groups is 1. The molecule has 0 saturated carbocycles. The van der Waals surface area contributed by atoms with E-state index in [1.165, 1.54) is 13.0 Å². The van der Waals surface area contributed by atoms with Crippen LogP contribution in [0.1, 0.15) is 12.5 Å². The fraction of sp³-hybridized carbons (Fsp3) is 0.0588. The summed E-state index contributed by atoms with van der Waals surface area (Å²) in [5, 5.41) is 3.85. The van der Waals surface area contributed by atoms with Crippen LogP contribution in [0.25, 0.3) is 6.08 Å². The molecule has 0 unspecified atom stereocenters. The van der Waals surface area contributed by atoms with Crippen LogP contribution in [0.3, 0.4) is 0 Å². The Hall–Kier alpha value is -2.30. The van der Waals surface area contributed by atoms with Crippen LogP contribution < -0.4 is 5.01 Å². The first-order valence-electron chi connectivity index (χ1n) is 7.11. The maximum absolute atomic E-state index is 13.9. The van der Waals surface area contributed by atoms with Gasteiger partial charge in [-0.15, -0.1) is 0 Å². The Labute approximate surface area is 157 Å². The van der Waals surface area contributed by atoms with Gasteiger partial charge >= 0.3 is 0 Å². The third kappa shape index (κ3) is 3.00. The molecular weight excluding hydrogens is 470 g/mol. The van der Waals surface area contributed by atoms with Crippen molar-refractivity contribution in [2.45, 2.75) is 6.92 Å². The van der Waals surface area contributed by atoms with Gasteiger partial charge in [0, 0.05) is 3.57 Å². The summed E-state index contributed by atoms with van der Waals surface area (Å²) in [5.41, 5.74) is -0.730. The van der Waals surface area contributed by atoms with Gasteiger partial charge in [0.2, 0.25) is 5.82 Å². The first-order chi connectivity index (χ1) is 12.2. The molecule has 1 aliphatic rings. The normalized spacial score (nSPS) is 15.8. The van der Waals surface area contributed by atoms with E-state index in [0.717, 1.165) is 3.57 Å². The predicted octanol–water partition coefficient (Wildman–Crippen LogP) is 4.79. The first-order valence-corrected chi connectivity index (χ1v) is 8.19. The van der Waals surface area contributed by atoms with E-state index in [2.05, 4.69) is 27.7 Å². The number of benzene rings is 2. The molecule has 0 spiro atoms. The second-order valence-corrected chi connectivity index (χ2v) is 6.58. The number of hydrogen-bond donors (Lipinski definition) is 0. The maximum Gasteiger partial charge on any atom is 0.280 e. The van der Waals surface area contributed by atoms with Gasteiger partial charge in [0.05, 0.1) is 11.3 Å². The van der Waals surface area contributed by atoms with E-state index in [1.807, 2.05) is 0 Å². The highest BCUT2D eigenvalue weighted by atomic mass is 127. The van der Waals surface area contributed by atoms with Crippen LogP contribution in [0.15, 0.2) is 34.9 Å². The van der Waals surface area contributed by atoms with Gasteiger partial charge in [-0.05, 0) is 53.3 Å². The lowest BCUT2D eigenvalue weighted by Gasteiger charge is -2.15. The zero-order chi connectivity index (χ0) is 19.2. The minimum atomic E-state index is -2.30. The minimum Gasteiger partial charge on any atom is -0.267 e. The summed E-state index contributed by atoms with van der Waals surface area (Å²) in [4.78, 5) is 12.5. The van der Waals surface area contributed by atoms with Crippen LogP contribution >= 0.6 is 22.6 Å². The maximum atomic E-state index is 13.9. The van der Waals surface area contributed by atoms with E-state index in [0.29, 0.717) is 5.56 Å². The summed E-state index contributed by atoms with van der Waals surface area (Å²) in [7, 11) is 0. The number of rotatable bonds is 2. The Bertz CT molecular complexity index is 957. The average molecular weight is 478 g/mol. The third-order valence-electron chi connectivity index (χ3n) is 3.64. The van der Waals surface area contributed by atoms with E-state index in [-0.39, 0.29) is 16.3 Å². The third-order valence-corrected chi connectivity index (χ3v) is 4.36. The molecule has 0 N–H and O–H groups in total. The van der Waals surface area contributed by atoms with Gasteiger partial charge < -0.3 is 0 Å². The number of nitrogens with zero attached hydrogens (tertiary/aromatic N) is 2. The van der Waals surface area contributed by atoms with Crippen molar-refractivity contribution in [3.05, 3.63) is 68.1 Å². The number of hydrogen-bond acceptors (Lipinski definition) is 2. The van der Waals surface area contributed by atoms with Crippen molar-refractivity contribution in [1.82, 2.24) is 0 Å². The molecule has 9 heteroatoms. The Morgan fingerprint density at radius 2 is 1.42 bits per heavy atom. The second kappa shape index (κ2) is 6.78. The van der Waals surface area contributed by atoms with Crippen LogP contribution in [0.2, 0.25) is 0 Å². The number of carbonyl (C=O) groups excluding carboxylic acids is 1. The molecule has 3 rings (SSSR count). The van der Waals surface area contributed by atoms with Gasteiger partial charge in [-0.1, -0.05) is 12.1 Å². The van der Waals surface area contributed by atoms with Crippen molar-refractivity contribution in [3.8, 4) is 0 Å². The fourth-order valence-corrected chi connectivity index (χ4v) is 2.70. The Morgan fingerprint density at radius 3 is 1.96 bits per heavy atom. The molecular formula is C17H8F5IN2O. The molecule has 0 atom stereocenters. The van der Waals surface area contributed by atoms with E-state index in [4.69, 9.17) is 0 Å². The van der Waals surface area contributed by atoms with Crippen LogP contribution in [0, 0.1) is 32.7 Å². The molecule has 1 heterocycles. The fourth-order valence-electron chi connectivity index (χ4n) is 2.34. The van der Waals surface area contributed by atoms with Crippen molar-refractivity contribution in [3.63, 3.8) is 0 Å². The topological polar surface area (TPSA) is 32.7 Å². The Balaban J connectivity index is 2.08. The number of carbonyl (C=O) groups is 1. The molecule has 0 radical (unpaired) electrons. The summed E-state index contributed by atoms with van der Waals surface area (Å²) < 4.78 is 68.8. The average Bonchev–Trinajstić information content (AvgIpc) is 2.88. The molecule has 2 aromatic carbocycles. The highest BCUT2D eigenvalue weighted by Crippen LogP contribution is 2.33. The summed E-state index contributed by atoms with van der Waals surface area (Å²) >= 11 is 2.09. The summed E-state index contributed by atoms with van der Waals surface area (Å²) in [6.07, 6.45) is 1.42. The molecule has 0 fully saturated rings. The Kier molecular flexibility index (Phi) is 4.82. The van der Waals surface area contributed by atoms with Crippen molar-refractivity contribution in [2.75, 3.05) is 5.01 Å². The molecule has 0 aromatic heterocycles. The standard InChI is InChI=1S/C17H8F5IN2O/c1-7-10(6-8-2-4-9(23)5-3-8)17(26)25(24-7)16-14(21)12(19)11(18)13(20)15(16)22/h2-6H,1H3/b10-6+. The number of amides is 1. The zero-order valence-corrected chi connectivity index (χ0v) is 15.1. The smallest absolute Gasteiger partial charge is 0.267 e. The van der Waals surface area contributed by atoms with Gasteiger partial charge in [-0.3, -0.25) is 4.79 Å². The molecule has 0 saturated heterocycles. The molecule has 1 amide bonds. The molecule has 2 aromatic rings. The molecule has 1 aliphatic heterocycles. The molecule has 0 aliphatic carbocycles. The highest BCUT2D eigenvalue weighted by Gasteiger charge is 2.36. The minimum absolute atomic E-state index is 0.0184. The van der Waals surface area contributed by atoms with Gasteiger partial charge in [-0.2, -0.15) is 10.1 Å². The van der Waals surface area contributed by atoms with Gasteiger partial charge in [-0.25, -0.2) is 22.0 Å². The van der Waals surface area contributed by atoms with Crippen molar-refractivity contribution in [2.24, 2.45) is 5.10 Å². The monoisotopic (exact) mass is 478 g/mol. The lowest BCUT2D eigenvalue weighted by Crippen LogP contribution is -2.25. The molecule has 26 heavy (non-hydrogen) atoms.